The van der Waals surface area contributed by atoms with Crippen LogP contribution < -0.4 is 14.8 Å². The first-order valence-corrected chi connectivity index (χ1v) is 11.4. The molecule has 0 spiro atoms. The van der Waals surface area contributed by atoms with Crippen LogP contribution in [0.5, 0.6) is 11.5 Å². The first-order chi connectivity index (χ1) is 16.3. The third-order valence-electron chi connectivity index (χ3n) is 4.94. The van der Waals surface area contributed by atoms with Gasteiger partial charge in [0.15, 0.2) is 11.5 Å². The number of amides is 1. The number of methoxy groups -OCH3 is 1. The molecule has 3 aromatic carbocycles. The Morgan fingerprint density at radius 1 is 1.06 bits per heavy atom. The number of halogens is 3. The van der Waals surface area contributed by atoms with Crippen molar-refractivity contribution in [3.05, 3.63) is 98.0 Å². The molecular weight excluding hydrogens is 495 g/mol. The normalized spacial score (nSPS) is 11.9. The van der Waals surface area contributed by atoms with E-state index < -0.39 is 5.91 Å². The number of hydrogen-bond donors (Lipinski definition) is 1. The van der Waals surface area contributed by atoms with Gasteiger partial charge in [-0.15, -0.1) is 0 Å². The van der Waals surface area contributed by atoms with Crippen LogP contribution in [0.3, 0.4) is 0 Å². The average Bonchev–Trinajstić information content (AvgIpc) is 2.84. The molecular formula is C26H21Cl3N2O3. The standard InChI is InChI=1S/C26H21Cl3N2O3/c1-16(19-6-4-3-5-7-19)31-26(32)20(14-30)10-18-12-23(29)25(24(13-18)33-2)34-15-17-8-9-21(27)22(28)11-17/h3-13,16H,15H2,1-2H3,(H,31,32)/b20-10-/t16-/m1/s1. The van der Waals surface area contributed by atoms with Crippen LogP contribution in [0.2, 0.25) is 15.1 Å². The summed E-state index contributed by atoms with van der Waals surface area (Å²) >= 11 is 18.5. The van der Waals surface area contributed by atoms with E-state index in [2.05, 4.69) is 5.32 Å². The summed E-state index contributed by atoms with van der Waals surface area (Å²) in [5, 5.41) is 13.5. The number of nitrogens with zero attached hydrogens (tertiary/aromatic N) is 1. The Balaban J connectivity index is 1.79. The summed E-state index contributed by atoms with van der Waals surface area (Å²) in [6, 6.07) is 19.6. The lowest BCUT2D eigenvalue weighted by molar-refractivity contribution is -0.117. The summed E-state index contributed by atoms with van der Waals surface area (Å²) in [5.74, 6) is 0.191. The lowest BCUT2D eigenvalue weighted by atomic mass is 10.1. The smallest absolute Gasteiger partial charge is 0.262 e. The molecule has 1 atom stereocenters. The van der Waals surface area contributed by atoms with E-state index in [1.807, 2.05) is 43.3 Å². The minimum Gasteiger partial charge on any atom is -0.493 e. The highest BCUT2D eigenvalue weighted by atomic mass is 35.5. The molecule has 5 nitrogen and oxygen atoms in total. The highest BCUT2D eigenvalue weighted by Crippen LogP contribution is 2.38. The van der Waals surface area contributed by atoms with Crippen LogP contribution in [-0.4, -0.2) is 13.0 Å². The average molecular weight is 516 g/mol. The second kappa shape index (κ2) is 11.8. The van der Waals surface area contributed by atoms with Gasteiger partial charge < -0.3 is 14.8 Å². The number of carbonyl (C=O) groups excluding carboxylic acids is 1. The predicted molar refractivity (Wildman–Crippen MR) is 135 cm³/mol. The molecule has 3 rings (SSSR count). The Kier molecular flexibility index (Phi) is 8.84. The van der Waals surface area contributed by atoms with E-state index in [0.717, 1.165) is 11.1 Å². The topological polar surface area (TPSA) is 71.3 Å². The van der Waals surface area contributed by atoms with E-state index in [4.69, 9.17) is 44.3 Å². The minimum atomic E-state index is -0.492. The maximum Gasteiger partial charge on any atom is 0.262 e. The van der Waals surface area contributed by atoms with Gasteiger partial charge >= 0.3 is 0 Å². The Hall–Kier alpha value is -3.17. The van der Waals surface area contributed by atoms with Crippen molar-refractivity contribution in [3.8, 4) is 17.6 Å². The summed E-state index contributed by atoms with van der Waals surface area (Å²) in [6.07, 6.45) is 1.45. The number of nitrogens with one attached hydrogen (secondary N) is 1. The van der Waals surface area contributed by atoms with Gasteiger partial charge in [-0.2, -0.15) is 5.26 Å². The second-order valence-electron chi connectivity index (χ2n) is 7.35. The highest BCUT2D eigenvalue weighted by molar-refractivity contribution is 6.42. The largest absolute Gasteiger partial charge is 0.493 e. The zero-order valence-electron chi connectivity index (χ0n) is 18.4. The number of benzene rings is 3. The van der Waals surface area contributed by atoms with Gasteiger partial charge in [-0.3, -0.25) is 4.79 Å². The van der Waals surface area contributed by atoms with Crippen molar-refractivity contribution < 1.29 is 14.3 Å². The van der Waals surface area contributed by atoms with Crippen LogP contribution >= 0.6 is 34.8 Å². The fraction of sp³-hybridized carbons (Fsp3) is 0.154. The van der Waals surface area contributed by atoms with E-state index >= 15 is 0 Å². The van der Waals surface area contributed by atoms with Crippen molar-refractivity contribution in [2.24, 2.45) is 0 Å². The molecule has 0 aliphatic heterocycles. The van der Waals surface area contributed by atoms with Crippen molar-refractivity contribution in [2.45, 2.75) is 19.6 Å². The minimum absolute atomic E-state index is 0.0645. The van der Waals surface area contributed by atoms with Crippen LogP contribution in [-0.2, 0) is 11.4 Å². The van der Waals surface area contributed by atoms with E-state index in [1.54, 1.807) is 30.3 Å². The second-order valence-corrected chi connectivity index (χ2v) is 8.57. The van der Waals surface area contributed by atoms with Gasteiger partial charge in [-0.1, -0.05) is 71.2 Å². The Morgan fingerprint density at radius 2 is 1.79 bits per heavy atom. The molecule has 0 unspecified atom stereocenters. The summed E-state index contributed by atoms with van der Waals surface area (Å²) in [7, 11) is 1.48. The Morgan fingerprint density at radius 3 is 2.44 bits per heavy atom. The first-order valence-electron chi connectivity index (χ1n) is 10.2. The molecule has 34 heavy (non-hydrogen) atoms. The van der Waals surface area contributed by atoms with E-state index in [9.17, 15) is 10.1 Å². The SMILES string of the molecule is COc1cc(/C=C(/C#N)C(=O)N[C@H](C)c2ccccc2)cc(Cl)c1OCc1ccc(Cl)c(Cl)c1. The summed E-state index contributed by atoms with van der Waals surface area (Å²) < 4.78 is 11.3. The number of hydrogen-bond acceptors (Lipinski definition) is 4. The molecule has 8 heteroatoms. The van der Waals surface area contributed by atoms with Crippen molar-refractivity contribution in [1.29, 1.82) is 5.26 Å². The van der Waals surface area contributed by atoms with Crippen LogP contribution in [0.4, 0.5) is 0 Å². The summed E-state index contributed by atoms with van der Waals surface area (Å²) in [4.78, 5) is 12.7. The Bertz CT molecular complexity index is 1250. The van der Waals surface area contributed by atoms with Gasteiger partial charge in [0, 0.05) is 0 Å². The van der Waals surface area contributed by atoms with Crippen molar-refractivity contribution >= 4 is 46.8 Å². The third-order valence-corrected chi connectivity index (χ3v) is 5.96. The number of rotatable bonds is 8. The third kappa shape index (κ3) is 6.45. The zero-order chi connectivity index (χ0) is 24.7. The quantitative estimate of drug-likeness (QED) is 0.258. The fourth-order valence-corrected chi connectivity index (χ4v) is 3.76. The molecule has 0 heterocycles. The van der Waals surface area contributed by atoms with Gasteiger partial charge in [-0.05, 0) is 54.0 Å². The number of carbonyl (C=O) groups is 1. The van der Waals surface area contributed by atoms with Crippen LogP contribution in [0.25, 0.3) is 6.08 Å². The van der Waals surface area contributed by atoms with Gasteiger partial charge in [0.05, 0.1) is 28.2 Å². The molecule has 0 saturated carbocycles. The van der Waals surface area contributed by atoms with Crippen molar-refractivity contribution in [3.63, 3.8) is 0 Å². The van der Waals surface area contributed by atoms with E-state index in [0.29, 0.717) is 27.1 Å². The molecule has 0 fully saturated rings. The van der Waals surface area contributed by atoms with Crippen LogP contribution in [0, 0.1) is 11.3 Å². The maximum absolute atomic E-state index is 12.7. The monoisotopic (exact) mass is 514 g/mol. The molecule has 0 aromatic heterocycles. The molecule has 0 saturated heterocycles. The van der Waals surface area contributed by atoms with Gasteiger partial charge in [0.1, 0.15) is 18.2 Å². The molecule has 1 N–H and O–H groups in total. The van der Waals surface area contributed by atoms with Crippen molar-refractivity contribution in [1.82, 2.24) is 5.32 Å². The van der Waals surface area contributed by atoms with Crippen LogP contribution in [0.15, 0.2) is 66.2 Å². The van der Waals surface area contributed by atoms with E-state index in [-0.39, 0.29) is 23.2 Å². The number of ether oxygens (including phenoxy) is 2. The zero-order valence-corrected chi connectivity index (χ0v) is 20.7. The molecule has 0 bridgehead atoms. The molecule has 1 amide bonds. The first kappa shape index (κ1) is 25.5. The number of nitriles is 1. The fourth-order valence-electron chi connectivity index (χ4n) is 3.16. The molecule has 3 aromatic rings. The molecule has 0 radical (unpaired) electrons. The summed E-state index contributed by atoms with van der Waals surface area (Å²) in [6.45, 7) is 2.04. The van der Waals surface area contributed by atoms with Crippen LogP contribution in [0.1, 0.15) is 29.7 Å². The van der Waals surface area contributed by atoms with Crippen molar-refractivity contribution in [2.75, 3.05) is 7.11 Å². The molecule has 0 aliphatic rings. The molecule has 0 aliphatic carbocycles. The van der Waals surface area contributed by atoms with Gasteiger partial charge in [0.25, 0.3) is 5.91 Å². The Labute approximate surface area is 213 Å². The maximum atomic E-state index is 12.7. The van der Waals surface area contributed by atoms with E-state index in [1.165, 1.54) is 13.2 Å². The highest BCUT2D eigenvalue weighted by Gasteiger charge is 2.16. The lowest BCUT2D eigenvalue weighted by Gasteiger charge is -2.15. The lowest BCUT2D eigenvalue weighted by Crippen LogP contribution is -2.27. The molecule has 174 valence electrons. The van der Waals surface area contributed by atoms with Gasteiger partial charge in [-0.25, -0.2) is 0 Å². The predicted octanol–water partition coefficient (Wildman–Crippen LogP) is 7.02. The van der Waals surface area contributed by atoms with Gasteiger partial charge in [0.2, 0.25) is 0 Å². The summed E-state index contributed by atoms with van der Waals surface area (Å²) in [5.41, 5.74) is 2.18.